The van der Waals surface area contributed by atoms with Crippen molar-refractivity contribution in [1.29, 1.82) is 0 Å². The van der Waals surface area contributed by atoms with Crippen molar-refractivity contribution in [2.24, 2.45) is 0 Å². The molecule has 0 aliphatic rings. The Hall–Kier alpha value is -1.73. The van der Waals surface area contributed by atoms with Crippen LogP contribution in [0.15, 0.2) is 12.3 Å². The molecular weight excluding hydrogens is 214 g/mol. The number of hydrogen-bond acceptors (Lipinski definition) is 6. The smallest absolute Gasteiger partial charge is 0.311 e. The maximum atomic E-state index is 10.7. The number of aliphatic hydroxyl groups is 2. The lowest BCUT2D eigenvalue weighted by Gasteiger charge is -2.13. The largest absolute Gasteiger partial charge is 0.394 e. The van der Waals surface area contributed by atoms with E-state index in [1.807, 2.05) is 0 Å². The van der Waals surface area contributed by atoms with Crippen molar-refractivity contribution >= 4 is 11.5 Å². The van der Waals surface area contributed by atoms with E-state index in [1.54, 1.807) is 6.92 Å². The van der Waals surface area contributed by atoms with E-state index in [2.05, 4.69) is 10.3 Å². The number of aromatic nitrogens is 1. The second-order valence-corrected chi connectivity index (χ2v) is 3.34. The SMILES string of the molecule is Cc1cnc(NC(CO)CO)c([N+](=O)[O-])c1. The summed E-state index contributed by atoms with van der Waals surface area (Å²) in [5, 5.41) is 31.0. The highest BCUT2D eigenvalue weighted by molar-refractivity contribution is 5.57. The first-order valence-corrected chi connectivity index (χ1v) is 4.67. The summed E-state index contributed by atoms with van der Waals surface area (Å²) in [7, 11) is 0. The van der Waals surface area contributed by atoms with Crippen LogP contribution in [0.4, 0.5) is 11.5 Å². The molecule has 0 saturated carbocycles. The average molecular weight is 227 g/mol. The molecule has 0 aliphatic carbocycles. The van der Waals surface area contributed by atoms with Crippen LogP contribution in [0, 0.1) is 17.0 Å². The standard InChI is InChI=1S/C9H13N3O4/c1-6-2-8(12(15)16)9(10-3-6)11-7(4-13)5-14/h2-3,7,13-14H,4-5H2,1H3,(H,10,11). The molecule has 1 rings (SSSR count). The fraction of sp³-hybridized carbons (Fsp3) is 0.444. The van der Waals surface area contributed by atoms with Gasteiger partial charge in [-0.05, 0) is 12.5 Å². The molecule has 3 N–H and O–H groups in total. The number of nitrogens with zero attached hydrogens (tertiary/aromatic N) is 2. The van der Waals surface area contributed by atoms with Gasteiger partial charge in [0.15, 0.2) is 0 Å². The van der Waals surface area contributed by atoms with Gasteiger partial charge in [0.05, 0.1) is 24.2 Å². The van der Waals surface area contributed by atoms with Crippen LogP contribution in [0.2, 0.25) is 0 Å². The molecule has 0 radical (unpaired) electrons. The maximum absolute atomic E-state index is 10.7. The van der Waals surface area contributed by atoms with E-state index < -0.39 is 11.0 Å². The lowest BCUT2D eigenvalue weighted by molar-refractivity contribution is -0.384. The first-order chi connectivity index (χ1) is 7.58. The van der Waals surface area contributed by atoms with Crippen LogP contribution in [-0.4, -0.2) is 39.4 Å². The Bertz CT molecular complexity index is 379. The number of pyridine rings is 1. The first-order valence-electron chi connectivity index (χ1n) is 4.67. The Morgan fingerprint density at radius 1 is 1.56 bits per heavy atom. The first kappa shape index (κ1) is 12.3. The molecule has 0 saturated heterocycles. The van der Waals surface area contributed by atoms with Gasteiger partial charge in [-0.15, -0.1) is 0 Å². The van der Waals surface area contributed by atoms with Crippen LogP contribution < -0.4 is 5.32 Å². The molecule has 0 aromatic carbocycles. The van der Waals surface area contributed by atoms with Gasteiger partial charge in [-0.25, -0.2) is 4.98 Å². The van der Waals surface area contributed by atoms with Gasteiger partial charge in [-0.2, -0.15) is 0 Å². The highest BCUT2D eigenvalue weighted by Crippen LogP contribution is 2.22. The third-order valence-corrected chi connectivity index (χ3v) is 1.98. The molecule has 0 bridgehead atoms. The highest BCUT2D eigenvalue weighted by atomic mass is 16.6. The Balaban J connectivity index is 2.98. The maximum Gasteiger partial charge on any atom is 0.311 e. The molecule has 7 heteroatoms. The van der Waals surface area contributed by atoms with Gasteiger partial charge in [0, 0.05) is 12.3 Å². The lowest BCUT2D eigenvalue weighted by Crippen LogP contribution is -2.28. The minimum atomic E-state index is -0.658. The number of nitro groups is 1. The van der Waals surface area contributed by atoms with E-state index in [-0.39, 0.29) is 24.7 Å². The fourth-order valence-electron chi connectivity index (χ4n) is 1.15. The number of nitrogens with one attached hydrogen (secondary N) is 1. The summed E-state index contributed by atoms with van der Waals surface area (Å²) >= 11 is 0. The van der Waals surface area contributed by atoms with Crippen molar-refractivity contribution < 1.29 is 15.1 Å². The minimum Gasteiger partial charge on any atom is -0.394 e. The summed E-state index contributed by atoms with van der Waals surface area (Å²) in [6, 6.07) is 0.718. The van der Waals surface area contributed by atoms with Crippen molar-refractivity contribution in [3.63, 3.8) is 0 Å². The van der Waals surface area contributed by atoms with Crippen molar-refractivity contribution in [2.45, 2.75) is 13.0 Å². The Morgan fingerprint density at radius 2 is 2.19 bits per heavy atom. The van der Waals surface area contributed by atoms with Crippen LogP contribution in [0.25, 0.3) is 0 Å². The molecule has 0 atom stereocenters. The Labute approximate surface area is 91.9 Å². The zero-order chi connectivity index (χ0) is 12.1. The lowest BCUT2D eigenvalue weighted by atomic mass is 10.2. The summed E-state index contributed by atoms with van der Waals surface area (Å²) < 4.78 is 0. The average Bonchev–Trinajstić information content (AvgIpc) is 2.27. The summed E-state index contributed by atoms with van der Waals surface area (Å²) in [6.45, 7) is 1.03. The highest BCUT2D eigenvalue weighted by Gasteiger charge is 2.18. The van der Waals surface area contributed by atoms with Crippen LogP contribution in [0.3, 0.4) is 0 Å². The van der Waals surface area contributed by atoms with Crippen molar-refractivity contribution in [3.8, 4) is 0 Å². The molecule has 0 fully saturated rings. The van der Waals surface area contributed by atoms with Crippen molar-refractivity contribution in [3.05, 3.63) is 27.9 Å². The van der Waals surface area contributed by atoms with E-state index in [4.69, 9.17) is 10.2 Å². The van der Waals surface area contributed by atoms with E-state index in [9.17, 15) is 10.1 Å². The summed E-state index contributed by atoms with van der Waals surface area (Å²) in [4.78, 5) is 14.0. The van der Waals surface area contributed by atoms with Crippen molar-refractivity contribution in [2.75, 3.05) is 18.5 Å². The van der Waals surface area contributed by atoms with Gasteiger partial charge in [0.2, 0.25) is 5.82 Å². The van der Waals surface area contributed by atoms with E-state index >= 15 is 0 Å². The fourth-order valence-corrected chi connectivity index (χ4v) is 1.15. The molecule has 16 heavy (non-hydrogen) atoms. The van der Waals surface area contributed by atoms with Gasteiger partial charge in [0.25, 0.3) is 0 Å². The van der Waals surface area contributed by atoms with Gasteiger partial charge < -0.3 is 15.5 Å². The third-order valence-electron chi connectivity index (χ3n) is 1.98. The number of aliphatic hydroxyl groups excluding tert-OH is 2. The molecular formula is C9H13N3O4. The minimum absolute atomic E-state index is 0.0451. The zero-order valence-electron chi connectivity index (χ0n) is 8.75. The van der Waals surface area contributed by atoms with E-state index in [1.165, 1.54) is 12.3 Å². The number of aryl methyl sites for hydroxylation is 1. The molecule has 1 aromatic rings. The Morgan fingerprint density at radius 3 is 2.69 bits per heavy atom. The summed E-state index contributed by atoms with van der Waals surface area (Å²) in [5.41, 5.74) is 0.494. The van der Waals surface area contributed by atoms with Gasteiger partial charge in [-0.1, -0.05) is 0 Å². The van der Waals surface area contributed by atoms with Crippen molar-refractivity contribution in [1.82, 2.24) is 4.98 Å². The molecule has 0 aliphatic heterocycles. The van der Waals surface area contributed by atoms with Gasteiger partial charge >= 0.3 is 5.69 Å². The normalized spacial score (nSPS) is 10.5. The predicted molar refractivity (Wildman–Crippen MR) is 57.2 cm³/mol. The zero-order valence-corrected chi connectivity index (χ0v) is 8.75. The predicted octanol–water partition coefficient (Wildman–Crippen LogP) is 0.0633. The van der Waals surface area contributed by atoms with Crippen LogP contribution >= 0.6 is 0 Å². The summed E-state index contributed by atoms with van der Waals surface area (Å²) in [6.07, 6.45) is 1.47. The van der Waals surface area contributed by atoms with Crippen LogP contribution in [0.5, 0.6) is 0 Å². The quantitative estimate of drug-likeness (QED) is 0.485. The number of rotatable bonds is 5. The second kappa shape index (κ2) is 5.38. The van der Waals surface area contributed by atoms with Gasteiger partial charge in [-0.3, -0.25) is 10.1 Å². The number of anilines is 1. The summed E-state index contributed by atoms with van der Waals surface area (Å²) in [5.74, 6) is 0.0451. The molecule has 1 aromatic heterocycles. The monoisotopic (exact) mass is 227 g/mol. The second-order valence-electron chi connectivity index (χ2n) is 3.34. The van der Waals surface area contributed by atoms with E-state index in [0.29, 0.717) is 5.56 Å². The van der Waals surface area contributed by atoms with Gasteiger partial charge in [0.1, 0.15) is 0 Å². The topological polar surface area (TPSA) is 109 Å². The molecule has 0 unspecified atom stereocenters. The van der Waals surface area contributed by atoms with Crippen LogP contribution in [0.1, 0.15) is 5.56 Å². The molecule has 0 spiro atoms. The van der Waals surface area contributed by atoms with E-state index in [0.717, 1.165) is 0 Å². The third kappa shape index (κ3) is 2.88. The Kier molecular flexibility index (Phi) is 4.15. The molecule has 7 nitrogen and oxygen atoms in total. The molecule has 0 amide bonds. The van der Waals surface area contributed by atoms with Crippen LogP contribution in [-0.2, 0) is 0 Å². The number of hydrogen-bond donors (Lipinski definition) is 3. The molecule has 88 valence electrons. The molecule has 1 heterocycles.